The first-order chi connectivity index (χ1) is 20.1. The number of amides is 3. The first-order valence-corrected chi connectivity index (χ1v) is 16.0. The number of thioether (sulfide) groups is 1. The number of nitrogens with one attached hydrogen (secondary N) is 2. The summed E-state index contributed by atoms with van der Waals surface area (Å²) < 4.78 is 4.75. The molecule has 3 amide bonds. The van der Waals surface area contributed by atoms with Crippen molar-refractivity contribution >= 4 is 40.9 Å². The third-order valence-corrected chi connectivity index (χ3v) is 11.7. The predicted molar refractivity (Wildman–Crippen MR) is 167 cm³/mol. The molecule has 3 aliphatic heterocycles. The summed E-state index contributed by atoms with van der Waals surface area (Å²) in [4.78, 5) is 44.5. The van der Waals surface area contributed by atoms with Crippen molar-refractivity contribution < 1.29 is 24.2 Å². The van der Waals surface area contributed by atoms with Gasteiger partial charge < -0.3 is 25.4 Å². The lowest BCUT2D eigenvalue weighted by molar-refractivity contribution is -0.142. The highest BCUT2D eigenvalue weighted by Crippen LogP contribution is 2.69. The van der Waals surface area contributed by atoms with Gasteiger partial charge in [0, 0.05) is 16.6 Å². The molecule has 2 aromatic carbocycles. The van der Waals surface area contributed by atoms with Crippen molar-refractivity contribution in [2.24, 2.45) is 23.7 Å². The van der Waals surface area contributed by atoms with Gasteiger partial charge in [0.05, 0.1) is 35.8 Å². The molecule has 8 atom stereocenters. The fourth-order valence-electron chi connectivity index (χ4n) is 7.33. The highest BCUT2D eigenvalue weighted by atomic mass is 32.2. The van der Waals surface area contributed by atoms with Gasteiger partial charge >= 0.3 is 0 Å². The molecule has 2 aromatic rings. The van der Waals surface area contributed by atoms with Crippen LogP contribution in [0.15, 0.2) is 42.5 Å². The van der Waals surface area contributed by atoms with E-state index in [1.807, 2.05) is 65.0 Å². The minimum Gasteiger partial charge on any atom is -0.494 e. The van der Waals surface area contributed by atoms with Crippen molar-refractivity contribution in [1.29, 1.82) is 0 Å². The average Bonchev–Trinajstić information content (AvgIpc) is 3.56. The molecule has 5 rings (SSSR count). The molecular weight excluding hydrogens is 550 g/mol. The van der Waals surface area contributed by atoms with Crippen LogP contribution in [0.1, 0.15) is 51.7 Å². The van der Waals surface area contributed by atoms with Crippen LogP contribution in [-0.4, -0.2) is 63.0 Å². The number of aryl methyl sites for hydroxylation is 2. The number of benzene rings is 2. The number of aliphatic hydroxyl groups excluding tert-OH is 1. The van der Waals surface area contributed by atoms with Crippen LogP contribution < -0.4 is 15.4 Å². The molecule has 3 fully saturated rings. The SMILES string of the molecule is CCOc1ccc(NC(=O)[C@@H]2[C@@H]3CC(C)C4(S3)C(C(=O)Nc3cc(C)ccc3C)N([C@@H](CO)[C@@H](C)CC)C(=O)[C@H]24)cc1. The minimum atomic E-state index is -0.811. The molecule has 42 heavy (non-hydrogen) atoms. The smallest absolute Gasteiger partial charge is 0.248 e. The topological polar surface area (TPSA) is 108 Å². The van der Waals surface area contributed by atoms with E-state index >= 15 is 0 Å². The third kappa shape index (κ3) is 4.98. The average molecular weight is 594 g/mol. The van der Waals surface area contributed by atoms with Crippen molar-refractivity contribution in [3.8, 4) is 5.75 Å². The molecule has 3 saturated heterocycles. The molecule has 9 heteroatoms. The first kappa shape index (κ1) is 30.4. The Balaban J connectivity index is 1.52. The van der Waals surface area contributed by atoms with E-state index in [4.69, 9.17) is 4.74 Å². The Hall–Kier alpha value is -3.04. The van der Waals surface area contributed by atoms with E-state index in [0.29, 0.717) is 18.0 Å². The highest BCUT2D eigenvalue weighted by Gasteiger charge is 2.76. The maximum atomic E-state index is 14.5. The van der Waals surface area contributed by atoms with E-state index in [9.17, 15) is 19.5 Å². The Morgan fingerprint density at radius 1 is 1.12 bits per heavy atom. The second kappa shape index (κ2) is 11.9. The number of likely N-dealkylation sites (tertiary alicyclic amines) is 1. The summed E-state index contributed by atoms with van der Waals surface area (Å²) in [5.74, 6) is -1.18. The lowest BCUT2D eigenvalue weighted by Crippen LogP contribution is -2.58. The number of aliphatic hydroxyl groups is 1. The molecule has 8 nitrogen and oxygen atoms in total. The molecule has 3 unspecified atom stereocenters. The number of nitrogens with zero attached hydrogens (tertiary/aromatic N) is 1. The summed E-state index contributed by atoms with van der Waals surface area (Å²) in [6.07, 6.45) is 1.48. The van der Waals surface area contributed by atoms with Crippen molar-refractivity contribution in [2.75, 3.05) is 23.8 Å². The van der Waals surface area contributed by atoms with E-state index in [0.717, 1.165) is 29.7 Å². The van der Waals surface area contributed by atoms with Gasteiger partial charge in [0.2, 0.25) is 17.7 Å². The molecule has 3 heterocycles. The van der Waals surface area contributed by atoms with Crippen LogP contribution in [0.25, 0.3) is 0 Å². The summed E-state index contributed by atoms with van der Waals surface area (Å²) in [5, 5.41) is 16.7. The second-order valence-corrected chi connectivity index (χ2v) is 13.7. The first-order valence-electron chi connectivity index (χ1n) is 15.1. The van der Waals surface area contributed by atoms with E-state index in [1.165, 1.54) is 0 Å². The molecular formula is C33H43N3O5S. The number of fused-ring (bicyclic) bond motifs is 1. The van der Waals surface area contributed by atoms with Gasteiger partial charge in [-0.3, -0.25) is 14.4 Å². The number of rotatable bonds is 10. The van der Waals surface area contributed by atoms with Gasteiger partial charge in [0.15, 0.2) is 0 Å². The minimum absolute atomic E-state index is 0.0289. The van der Waals surface area contributed by atoms with Crippen LogP contribution in [0.5, 0.6) is 5.75 Å². The summed E-state index contributed by atoms with van der Waals surface area (Å²) in [6.45, 7) is 12.3. The maximum absolute atomic E-state index is 14.5. The van der Waals surface area contributed by atoms with E-state index in [-0.39, 0.29) is 41.4 Å². The van der Waals surface area contributed by atoms with Crippen LogP contribution in [0.2, 0.25) is 0 Å². The molecule has 1 spiro atoms. The Morgan fingerprint density at radius 2 is 1.83 bits per heavy atom. The van der Waals surface area contributed by atoms with Crippen LogP contribution in [0.3, 0.4) is 0 Å². The summed E-state index contributed by atoms with van der Waals surface area (Å²) >= 11 is 1.64. The molecule has 0 saturated carbocycles. The van der Waals surface area contributed by atoms with Gasteiger partial charge in [0.25, 0.3) is 0 Å². The zero-order valence-corrected chi connectivity index (χ0v) is 26.2. The van der Waals surface area contributed by atoms with Gasteiger partial charge in [-0.2, -0.15) is 0 Å². The molecule has 0 aliphatic carbocycles. The molecule has 0 radical (unpaired) electrons. The number of carbonyl (C=O) groups excluding carboxylic acids is 3. The van der Waals surface area contributed by atoms with Crippen LogP contribution in [0.4, 0.5) is 11.4 Å². The number of carbonyl (C=O) groups is 3. The van der Waals surface area contributed by atoms with Crippen molar-refractivity contribution in [1.82, 2.24) is 4.90 Å². The standard InChI is InChI=1S/C33H43N3O5S/c1-7-19(4)25(17-37)36-29(31(39)35-24-15-18(3)9-10-20(24)5)33-21(6)16-26(42-33)27(28(33)32(36)40)30(38)34-22-11-13-23(14-12-22)41-8-2/h9-15,19,21,25-29,37H,7-8,16-17H2,1-6H3,(H,34,38)(H,35,39)/t19-,21?,25-,26-,27+,28-,29?,33?/m0/s1. The van der Waals surface area contributed by atoms with Crippen molar-refractivity contribution in [3.63, 3.8) is 0 Å². The van der Waals surface area contributed by atoms with Crippen molar-refractivity contribution in [2.45, 2.75) is 76.5 Å². The molecule has 3 N–H and O–H groups in total. The van der Waals surface area contributed by atoms with Crippen LogP contribution in [-0.2, 0) is 14.4 Å². The lowest BCUT2D eigenvalue weighted by atomic mass is 9.65. The van der Waals surface area contributed by atoms with Gasteiger partial charge in [-0.25, -0.2) is 0 Å². The van der Waals surface area contributed by atoms with E-state index < -0.39 is 28.7 Å². The van der Waals surface area contributed by atoms with Crippen LogP contribution >= 0.6 is 11.8 Å². The van der Waals surface area contributed by atoms with E-state index in [1.54, 1.807) is 28.8 Å². The number of hydrogen-bond acceptors (Lipinski definition) is 6. The lowest BCUT2D eigenvalue weighted by Gasteiger charge is -2.41. The second-order valence-electron chi connectivity index (χ2n) is 12.2. The monoisotopic (exact) mass is 593 g/mol. The number of ether oxygens (including phenoxy) is 1. The molecule has 226 valence electrons. The van der Waals surface area contributed by atoms with Gasteiger partial charge in [-0.15, -0.1) is 11.8 Å². The molecule has 3 aliphatic rings. The quantitative estimate of drug-likeness (QED) is 0.357. The Bertz CT molecular complexity index is 1350. The summed E-state index contributed by atoms with van der Waals surface area (Å²) in [7, 11) is 0. The largest absolute Gasteiger partial charge is 0.494 e. The van der Waals surface area contributed by atoms with Gasteiger partial charge in [-0.1, -0.05) is 39.3 Å². The summed E-state index contributed by atoms with van der Waals surface area (Å²) in [6, 6.07) is 11.8. The normalized spacial score (nSPS) is 29.3. The molecule has 0 aromatic heterocycles. The fourth-order valence-corrected chi connectivity index (χ4v) is 9.74. The van der Waals surface area contributed by atoms with Gasteiger partial charge in [-0.05, 0) is 80.5 Å². The zero-order chi connectivity index (χ0) is 30.3. The Kier molecular flexibility index (Phi) is 8.63. The Morgan fingerprint density at radius 3 is 2.48 bits per heavy atom. The fraction of sp³-hybridized carbons (Fsp3) is 0.545. The third-order valence-electron chi connectivity index (χ3n) is 9.66. The van der Waals surface area contributed by atoms with E-state index in [2.05, 4.69) is 17.6 Å². The zero-order valence-electron chi connectivity index (χ0n) is 25.3. The predicted octanol–water partition coefficient (Wildman–Crippen LogP) is 5.02. The Labute approximate surface area is 253 Å². The van der Waals surface area contributed by atoms with Crippen molar-refractivity contribution in [3.05, 3.63) is 53.6 Å². The number of anilines is 2. The summed E-state index contributed by atoms with van der Waals surface area (Å²) in [5.41, 5.74) is 3.31. The highest BCUT2D eigenvalue weighted by molar-refractivity contribution is 8.02. The van der Waals surface area contributed by atoms with Gasteiger partial charge in [0.1, 0.15) is 11.8 Å². The van der Waals surface area contributed by atoms with Crippen LogP contribution in [0, 0.1) is 37.5 Å². The number of hydrogen-bond donors (Lipinski definition) is 3. The molecule has 2 bridgehead atoms. The maximum Gasteiger partial charge on any atom is 0.248 e.